The van der Waals surface area contributed by atoms with Gasteiger partial charge in [-0.25, -0.2) is 12.8 Å². The van der Waals surface area contributed by atoms with Crippen LogP contribution in [0.3, 0.4) is 0 Å². The van der Waals surface area contributed by atoms with Gasteiger partial charge in [0.05, 0.1) is 26.2 Å². The number of sulfonamides is 1. The van der Waals surface area contributed by atoms with E-state index >= 15 is 0 Å². The molecule has 0 heterocycles. The molecular formula is C33H40FN3O6S. The van der Waals surface area contributed by atoms with E-state index in [1.165, 1.54) is 37.3 Å². The molecule has 0 aliphatic heterocycles. The Morgan fingerprint density at radius 3 is 2.27 bits per heavy atom. The number of carbonyl (C=O) groups is 2. The zero-order valence-electron chi connectivity index (χ0n) is 25.4. The van der Waals surface area contributed by atoms with Gasteiger partial charge in [0.25, 0.3) is 0 Å². The van der Waals surface area contributed by atoms with Gasteiger partial charge in [-0.3, -0.25) is 13.9 Å². The predicted molar refractivity (Wildman–Crippen MR) is 168 cm³/mol. The number of anilines is 1. The number of ether oxygens (including phenoxy) is 2. The molecule has 2 amide bonds. The minimum absolute atomic E-state index is 0.0315. The molecule has 1 saturated carbocycles. The third-order valence-electron chi connectivity index (χ3n) is 7.86. The number of halogens is 1. The van der Waals surface area contributed by atoms with E-state index in [-0.39, 0.29) is 41.9 Å². The molecule has 236 valence electrons. The topological polar surface area (TPSA) is 105 Å². The molecule has 1 atom stereocenters. The minimum atomic E-state index is -4.02. The molecule has 44 heavy (non-hydrogen) atoms. The third kappa shape index (κ3) is 8.49. The summed E-state index contributed by atoms with van der Waals surface area (Å²) in [7, 11) is -1.16. The van der Waals surface area contributed by atoms with E-state index in [0.29, 0.717) is 5.75 Å². The molecule has 0 spiro atoms. The number of rotatable bonds is 13. The van der Waals surface area contributed by atoms with Crippen LogP contribution in [0.15, 0.2) is 72.8 Å². The Morgan fingerprint density at radius 1 is 0.955 bits per heavy atom. The third-order valence-corrected chi connectivity index (χ3v) is 8.98. The van der Waals surface area contributed by atoms with Crippen molar-refractivity contribution < 1.29 is 31.9 Å². The summed E-state index contributed by atoms with van der Waals surface area (Å²) in [5.74, 6) is -0.948. The van der Waals surface area contributed by atoms with Crippen molar-refractivity contribution in [3.63, 3.8) is 0 Å². The van der Waals surface area contributed by atoms with Gasteiger partial charge in [-0.1, -0.05) is 67.8 Å². The summed E-state index contributed by atoms with van der Waals surface area (Å²) < 4.78 is 52.8. The van der Waals surface area contributed by atoms with Crippen LogP contribution in [0.4, 0.5) is 10.1 Å². The molecule has 0 radical (unpaired) electrons. The van der Waals surface area contributed by atoms with Crippen molar-refractivity contribution in [3.05, 3.63) is 89.7 Å². The van der Waals surface area contributed by atoms with Gasteiger partial charge in [0, 0.05) is 30.6 Å². The first kappa shape index (κ1) is 32.8. The Morgan fingerprint density at radius 2 is 1.64 bits per heavy atom. The number of benzene rings is 3. The summed E-state index contributed by atoms with van der Waals surface area (Å²) in [6, 6.07) is 18.8. The Hall–Kier alpha value is -4.12. The van der Waals surface area contributed by atoms with Crippen LogP contribution >= 0.6 is 0 Å². The molecule has 1 aliphatic rings. The van der Waals surface area contributed by atoms with Gasteiger partial charge in [-0.2, -0.15) is 0 Å². The molecule has 0 bridgehead atoms. The summed E-state index contributed by atoms with van der Waals surface area (Å²) in [5, 5.41) is 3.13. The zero-order chi connectivity index (χ0) is 31.7. The number of nitrogens with zero attached hydrogens (tertiary/aromatic N) is 2. The number of carbonyl (C=O) groups excluding carboxylic acids is 2. The summed E-state index contributed by atoms with van der Waals surface area (Å²) in [5.41, 5.74) is 1.14. The fourth-order valence-electron chi connectivity index (χ4n) is 5.49. The molecule has 4 rings (SSSR count). The minimum Gasteiger partial charge on any atom is -0.497 e. The van der Waals surface area contributed by atoms with Crippen molar-refractivity contribution in [1.29, 1.82) is 0 Å². The van der Waals surface area contributed by atoms with Crippen LogP contribution in [0.1, 0.15) is 43.2 Å². The van der Waals surface area contributed by atoms with Crippen LogP contribution in [-0.2, 0) is 32.6 Å². The van der Waals surface area contributed by atoms with Crippen LogP contribution < -0.4 is 19.1 Å². The lowest BCUT2D eigenvalue weighted by Gasteiger charge is -2.35. The number of nitrogens with one attached hydrogen (secondary N) is 1. The molecule has 1 fully saturated rings. The second kappa shape index (κ2) is 15.1. The largest absolute Gasteiger partial charge is 0.497 e. The summed E-state index contributed by atoms with van der Waals surface area (Å²) >= 11 is 0. The second-order valence-corrected chi connectivity index (χ2v) is 12.9. The van der Waals surface area contributed by atoms with E-state index in [4.69, 9.17) is 9.47 Å². The first-order valence-electron chi connectivity index (χ1n) is 14.7. The van der Waals surface area contributed by atoms with E-state index in [0.717, 1.165) is 48.2 Å². The maximum Gasteiger partial charge on any atom is 0.244 e. The van der Waals surface area contributed by atoms with E-state index in [1.807, 2.05) is 30.3 Å². The SMILES string of the molecule is COc1ccc(N(CC(=O)N(Cc2ccccc2F)[C@H](Cc2ccccc2)C(=O)NC2CCCCC2)S(C)(=O)=O)c(OC)c1. The number of methoxy groups -OCH3 is 2. The van der Waals surface area contributed by atoms with Gasteiger partial charge in [-0.05, 0) is 36.6 Å². The van der Waals surface area contributed by atoms with Crippen molar-refractivity contribution >= 4 is 27.5 Å². The first-order valence-corrected chi connectivity index (χ1v) is 16.5. The van der Waals surface area contributed by atoms with Gasteiger partial charge in [0.1, 0.15) is 29.9 Å². The standard InChI is InChI=1S/C33H40FN3O6S/c1-42-27-18-19-29(31(21-27)43-2)37(44(3,40)41)23-32(38)36(22-25-14-10-11-17-28(25)34)30(20-24-12-6-4-7-13-24)33(39)35-26-15-8-5-9-16-26/h4,6-7,10-14,17-19,21,26,30H,5,8-9,15-16,20,22-23H2,1-3H3,(H,35,39)/t30-/m1/s1. The van der Waals surface area contributed by atoms with Crippen molar-refractivity contribution in [2.75, 3.05) is 31.3 Å². The van der Waals surface area contributed by atoms with Gasteiger partial charge in [0.15, 0.2) is 0 Å². The average Bonchev–Trinajstić information content (AvgIpc) is 3.02. The van der Waals surface area contributed by atoms with Crippen LogP contribution in [0.5, 0.6) is 11.5 Å². The van der Waals surface area contributed by atoms with Crippen LogP contribution in [0.2, 0.25) is 0 Å². The Balaban J connectivity index is 1.76. The molecule has 3 aromatic carbocycles. The molecule has 0 aromatic heterocycles. The molecule has 9 nitrogen and oxygen atoms in total. The lowest BCUT2D eigenvalue weighted by molar-refractivity contribution is -0.140. The van der Waals surface area contributed by atoms with E-state index in [2.05, 4.69) is 5.32 Å². The maximum absolute atomic E-state index is 15.0. The summed E-state index contributed by atoms with van der Waals surface area (Å²) in [4.78, 5) is 29.6. The van der Waals surface area contributed by atoms with Crippen LogP contribution in [0.25, 0.3) is 0 Å². The normalized spacial score (nSPS) is 14.4. The van der Waals surface area contributed by atoms with E-state index in [1.54, 1.807) is 24.3 Å². The zero-order valence-corrected chi connectivity index (χ0v) is 26.2. The Kier molecular flexibility index (Phi) is 11.2. The second-order valence-electron chi connectivity index (χ2n) is 11.0. The predicted octanol–water partition coefficient (Wildman–Crippen LogP) is 4.70. The number of hydrogen-bond donors (Lipinski definition) is 1. The Labute approximate surface area is 259 Å². The molecule has 1 N–H and O–H groups in total. The molecule has 3 aromatic rings. The smallest absolute Gasteiger partial charge is 0.244 e. The van der Waals surface area contributed by atoms with E-state index in [9.17, 15) is 22.4 Å². The van der Waals surface area contributed by atoms with Crippen LogP contribution in [0, 0.1) is 5.82 Å². The summed E-state index contributed by atoms with van der Waals surface area (Å²) in [6.45, 7) is -0.879. The van der Waals surface area contributed by atoms with Crippen molar-refractivity contribution in [3.8, 4) is 11.5 Å². The Bertz CT molecular complexity index is 1530. The lowest BCUT2D eigenvalue weighted by Crippen LogP contribution is -2.55. The summed E-state index contributed by atoms with van der Waals surface area (Å²) in [6.07, 6.45) is 5.92. The number of amides is 2. The quantitative estimate of drug-likeness (QED) is 0.295. The highest BCUT2D eigenvalue weighted by atomic mass is 32.2. The van der Waals surface area contributed by atoms with Gasteiger partial charge in [-0.15, -0.1) is 0 Å². The maximum atomic E-state index is 15.0. The van der Waals surface area contributed by atoms with Crippen molar-refractivity contribution in [1.82, 2.24) is 10.2 Å². The molecule has 11 heteroatoms. The highest BCUT2D eigenvalue weighted by Crippen LogP contribution is 2.34. The van der Waals surface area contributed by atoms with Crippen molar-refractivity contribution in [2.45, 2.75) is 57.2 Å². The molecule has 1 aliphatic carbocycles. The first-order chi connectivity index (χ1) is 21.1. The molecular weight excluding hydrogens is 585 g/mol. The van der Waals surface area contributed by atoms with Gasteiger partial charge in [0.2, 0.25) is 21.8 Å². The van der Waals surface area contributed by atoms with E-state index < -0.39 is 34.3 Å². The van der Waals surface area contributed by atoms with Crippen molar-refractivity contribution in [2.24, 2.45) is 0 Å². The van der Waals surface area contributed by atoms with Crippen LogP contribution in [-0.4, -0.2) is 64.2 Å². The molecule has 0 unspecified atom stereocenters. The highest BCUT2D eigenvalue weighted by molar-refractivity contribution is 7.92. The highest BCUT2D eigenvalue weighted by Gasteiger charge is 2.35. The average molecular weight is 626 g/mol. The molecule has 0 saturated heterocycles. The van der Waals surface area contributed by atoms with Gasteiger partial charge >= 0.3 is 0 Å². The lowest BCUT2D eigenvalue weighted by atomic mass is 9.94. The van der Waals surface area contributed by atoms with Gasteiger partial charge < -0.3 is 19.7 Å². The fourth-order valence-corrected chi connectivity index (χ4v) is 6.35. The number of hydrogen-bond acceptors (Lipinski definition) is 6. The monoisotopic (exact) mass is 625 g/mol. The fraction of sp³-hybridized carbons (Fsp3) is 0.394.